The molecule has 1 saturated heterocycles. The van der Waals surface area contributed by atoms with Crippen molar-refractivity contribution in [3.8, 4) is 0 Å². The highest BCUT2D eigenvalue weighted by molar-refractivity contribution is 5.79. The van der Waals surface area contributed by atoms with Crippen molar-refractivity contribution in [3.63, 3.8) is 0 Å². The zero-order chi connectivity index (χ0) is 10.1. The van der Waals surface area contributed by atoms with Gasteiger partial charge in [0, 0.05) is 19.5 Å². The highest BCUT2D eigenvalue weighted by Crippen LogP contribution is 2.34. The molecule has 0 aromatic heterocycles. The fourth-order valence-electron chi connectivity index (χ4n) is 2.29. The number of nitrogens with one attached hydrogen (secondary N) is 1. The van der Waals surface area contributed by atoms with Gasteiger partial charge >= 0.3 is 0 Å². The van der Waals surface area contributed by atoms with Crippen molar-refractivity contribution in [2.24, 2.45) is 11.3 Å². The van der Waals surface area contributed by atoms with Gasteiger partial charge in [-0.15, -0.1) is 0 Å². The van der Waals surface area contributed by atoms with Crippen LogP contribution >= 0.6 is 0 Å². The van der Waals surface area contributed by atoms with Gasteiger partial charge < -0.3 is 10.2 Å². The molecule has 1 fully saturated rings. The molecule has 0 spiro atoms. The van der Waals surface area contributed by atoms with E-state index in [0.29, 0.717) is 0 Å². The van der Waals surface area contributed by atoms with Crippen LogP contribution in [0, 0.1) is 11.3 Å². The number of carbonyl (C=O) groups is 1. The fourth-order valence-corrected chi connectivity index (χ4v) is 2.29. The van der Waals surface area contributed by atoms with Crippen LogP contribution in [0.3, 0.4) is 0 Å². The summed E-state index contributed by atoms with van der Waals surface area (Å²) in [5.74, 6) is 0.367. The first-order chi connectivity index (χ1) is 5.97. The van der Waals surface area contributed by atoms with E-state index in [9.17, 15) is 4.79 Å². The molecule has 0 saturated carbocycles. The average molecular weight is 184 g/mol. The molecule has 1 atom stereocenters. The van der Waals surface area contributed by atoms with Gasteiger partial charge in [-0.25, -0.2) is 0 Å². The van der Waals surface area contributed by atoms with Crippen LogP contribution in [-0.4, -0.2) is 38.0 Å². The molecule has 1 rings (SSSR count). The maximum atomic E-state index is 11.6. The summed E-state index contributed by atoms with van der Waals surface area (Å²) < 4.78 is 0. The van der Waals surface area contributed by atoms with E-state index < -0.39 is 0 Å². The summed E-state index contributed by atoms with van der Waals surface area (Å²) in [6.45, 7) is 6.37. The third kappa shape index (κ3) is 2.21. The number of piperidine rings is 1. The van der Waals surface area contributed by atoms with E-state index in [1.165, 1.54) is 0 Å². The van der Waals surface area contributed by atoms with E-state index in [0.717, 1.165) is 19.5 Å². The van der Waals surface area contributed by atoms with Crippen molar-refractivity contribution in [2.75, 3.05) is 27.2 Å². The molecular formula is C10H20N2O. The minimum absolute atomic E-state index is 0.104. The van der Waals surface area contributed by atoms with Gasteiger partial charge in [-0.2, -0.15) is 0 Å². The van der Waals surface area contributed by atoms with Crippen LogP contribution in [0.2, 0.25) is 0 Å². The first-order valence-corrected chi connectivity index (χ1v) is 4.87. The molecular weight excluding hydrogens is 164 g/mol. The molecule has 0 radical (unpaired) electrons. The summed E-state index contributed by atoms with van der Waals surface area (Å²) in [4.78, 5) is 13.9. The second-order valence-electron chi connectivity index (χ2n) is 4.68. The largest absolute Gasteiger partial charge is 0.359 e. The molecule has 0 bridgehead atoms. The van der Waals surface area contributed by atoms with Crippen LogP contribution < -0.4 is 5.32 Å². The summed E-state index contributed by atoms with van der Waals surface area (Å²) >= 11 is 0. The van der Waals surface area contributed by atoms with Crippen molar-refractivity contribution in [3.05, 3.63) is 0 Å². The molecule has 76 valence electrons. The van der Waals surface area contributed by atoms with Crippen molar-refractivity contribution in [1.29, 1.82) is 0 Å². The predicted molar refractivity (Wildman–Crippen MR) is 53.5 cm³/mol. The Hall–Kier alpha value is -0.570. The zero-order valence-corrected chi connectivity index (χ0v) is 9.05. The number of likely N-dealkylation sites (tertiary alicyclic amines) is 1. The van der Waals surface area contributed by atoms with E-state index >= 15 is 0 Å². The molecule has 3 heteroatoms. The van der Waals surface area contributed by atoms with Gasteiger partial charge in [0.15, 0.2) is 0 Å². The topological polar surface area (TPSA) is 32.3 Å². The van der Waals surface area contributed by atoms with Gasteiger partial charge in [-0.1, -0.05) is 13.8 Å². The highest BCUT2D eigenvalue weighted by Gasteiger charge is 2.38. The third-order valence-electron chi connectivity index (χ3n) is 2.98. The van der Waals surface area contributed by atoms with Crippen LogP contribution in [0.4, 0.5) is 0 Å². The predicted octanol–water partition coefficient (Wildman–Crippen LogP) is 0.710. The lowest BCUT2D eigenvalue weighted by Crippen LogP contribution is -2.49. The molecule has 1 heterocycles. The lowest BCUT2D eigenvalue weighted by Gasteiger charge is -2.41. The Kier molecular flexibility index (Phi) is 2.96. The first-order valence-electron chi connectivity index (χ1n) is 4.87. The van der Waals surface area contributed by atoms with Gasteiger partial charge in [0.05, 0.1) is 0 Å². The summed E-state index contributed by atoms with van der Waals surface area (Å²) in [6, 6.07) is 0. The van der Waals surface area contributed by atoms with E-state index in [4.69, 9.17) is 0 Å². The molecule has 1 aliphatic heterocycles. The van der Waals surface area contributed by atoms with Crippen LogP contribution in [0.25, 0.3) is 0 Å². The van der Waals surface area contributed by atoms with Gasteiger partial charge in [0.1, 0.15) is 0 Å². The number of rotatable bonds is 1. The number of amides is 1. The zero-order valence-electron chi connectivity index (χ0n) is 9.05. The molecule has 1 unspecified atom stereocenters. The van der Waals surface area contributed by atoms with Crippen molar-refractivity contribution >= 4 is 5.91 Å². The highest BCUT2D eigenvalue weighted by atomic mass is 16.1. The molecule has 0 aliphatic carbocycles. The van der Waals surface area contributed by atoms with Gasteiger partial charge in [-0.3, -0.25) is 4.79 Å². The lowest BCUT2D eigenvalue weighted by atomic mass is 9.73. The summed E-state index contributed by atoms with van der Waals surface area (Å²) in [7, 11) is 3.83. The number of carbonyl (C=O) groups excluding carboxylic acids is 1. The summed E-state index contributed by atoms with van der Waals surface area (Å²) in [5, 5.41) is 2.75. The smallest absolute Gasteiger partial charge is 0.223 e. The molecule has 13 heavy (non-hydrogen) atoms. The average Bonchev–Trinajstić information content (AvgIpc) is 2.01. The molecule has 1 amide bonds. The second-order valence-corrected chi connectivity index (χ2v) is 4.68. The maximum Gasteiger partial charge on any atom is 0.223 e. The minimum Gasteiger partial charge on any atom is -0.359 e. The third-order valence-corrected chi connectivity index (χ3v) is 2.98. The van der Waals surface area contributed by atoms with Gasteiger partial charge in [0.2, 0.25) is 5.91 Å². The fraction of sp³-hybridized carbons (Fsp3) is 0.900. The maximum absolute atomic E-state index is 11.6. The van der Waals surface area contributed by atoms with Crippen LogP contribution in [-0.2, 0) is 4.79 Å². The van der Waals surface area contributed by atoms with Crippen LogP contribution in [0.1, 0.15) is 20.3 Å². The van der Waals surface area contributed by atoms with E-state index in [1.807, 2.05) is 0 Å². The second kappa shape index (κ2) is 3.66. The molecule has 0 aromatic rings. The molecule has 1 N–H and O–H groups in total. The Bertz CT molecular complexity index is 201. The van der Waals surface area contributed by atoms with E-state index in [1.54, 1.807) is 7.05 Å². The lowest BCUT2D eigenvalue weighted by molar-refractivity contribution is -0.130. The number of hydrogen-bond acceptors (Lipinski definition) is 2. The summed E-state index contributed by atoms with van der Waals surface area (Å²) in [5.41, 5.74) is 0.104. The standard InChI is InChI=1S/C10H20N2O/c1-10(2)7-12(4)6-5-8(10)9(13)11-3/h8H,5-7H2,1-4H3,(H,11,13). The Balaban J connectivity index is 2.69. The Morgan fingerprint density at radius 3 is 2.62 bits per heavy atom. The Morgan fingerprint density at radius 1 is 1.54 bits per heavy atom. The summed E-state index contributed by atoms with van der Waals surface area (Å²) in [6.07, 6.45) is 0.975. The van der Waals surface area contributed by atoms with Crippen molar-refractivity contribution in [2.45, 2.75) is 20.3 Å². The SMILES string of the molecule is CNC(=O)C1CCN(C)CC1(C)C. The minimum atomic E-state index is 0.104. The normalized spacial score (nSPS) is 28.5. The van der Waals surface area contributed by atoms with E-state index in [-0.39, 0.29) is 17.2 Å². The van der Waals surface area contributed by atoms with Gasteiger partial charge in [0.25, 0.3) is 0 Å². The molecule has 0 aromatic carbocycles. The van der Waals surface area contributed by atoms with Crippen molar-refractivity contribution in [1.82, 2.24) is 10.2 Å². The van der Waals surface area contributed by atoms with Crippen molar-refractivity contribution < 1.29 is 4.79 Å². The monoisotopic (exact) mass is 184 g/mol. The number of nitrogens with zero attached hydrogens (tertiary/aromatic N) is 1. The molecule has 3 nitrogen and oxygen atoms in total. The Labute approximate surface area is 80.5 Å². The van der Waals surface area contributed by atoms with Crippen LogP contribution in [0.5, 0.6) is 0 Å². The first kappa shape index (κ1) is 10.5. The Morgan fingerprint density at radius 2 is 2.15 bits per heavy atom. The number of hydrogen-bond donors (Lipinski definition) is 1. The van der Waals surface area contributed by atoms with Crippen LogP contribution in [0.15, 0.2) is 0 Å². The quantitative estimate of drug-likeness (QED) is 0.651. The van der Waals surface area contributed by atoms with Gasteiger partial charge in [-0.05, 0) is 25.4 Å². The van der Waals surface area contributed by atoms with E-state index in [2.05, 4.69) is 31.1 Å². The molecule has 1 aliphatic rings.